The summed E-state index contributed by atoms with van der Waals surface area (Å²) in [5.74, 6) is -6.45. The third-order valence-electron chi connectivity index (χ3n) is 4.99. The maximum atomic E-state index is 12.9. The van der Waals surface area contributed by atoms with Gasteiger partial charge < -0.3 is 36.6 Å². The van der Waals surface area contributed by atoms with Crippen molar-refractivity contribution in [2.24, 2.45) is 5.92 Å². The van der Waals surface area contributed by atoms with Crippen molar-refractivity contribution in [3.63, 3.8) is 0 Å². The third kappa shape index (κ3) is 10.3. The van der Waals surface area contributed by atoms with E-state index in [2.05, 4.69) is 16.0 Å². The summed E-state index contributed by atoms with van der Waals surface area (Å²) in [7, 11) is 0. The van der Waals surface area contributed by atoms with Crippen LogP contribution >= 0.6 is 0 Å². The van der Waals surface area contributed by atoms with Gasteiger partial charge in [0.05, 0.1) is 12.5 Å². The molecule has 0 aromatic carbocycles. The molecule has 4 atom stereocenters. The fraction of sp³-hybridized carbons (Fsp3) is 0.700. The normalized spacial score (nSPS) is 18.1. The first-order valence-electron chi connectivity index (χ1n) is 10.7. The van der Waals surface area contributed by atoms with E-state index in [9.17, 15) is 28.8 Å². The van der Waals surface area contributed by atoms with Gasteiger partial charge in [0.1, 0.15) is 18.1 Å². The number of hydrogen-bond donors (Lipinski definition) is 7. The molecule has 0 bridgehead atoms. The lowest BCUT2D eigenvalue weighted by molar-refractivity contribution is -0.147. The Morgan fingerprint density at radius 1 is 0.879 bits per heavy atom. The first-order valence-corrected chi connectivity index (χ1v) is 10.7. The van der Waals surface area contributed by atoms with Crippen molar-refractivity contribution in [2.75, 3.05) is 6.54 Å². The van der Waals surface area contributed by atoms with Gasteiger partial charge in [0.25, 0.3) is 0 Å². The second-order valence-electron chi connectivity index (χ2n) is 8.33. The Bertz CT molecular complexity index is 750. The molecule has 1 fully saturated rings. The molecule has 3 amide bonds. The lowest BCUT2D eigenvalue weighted by Gasteiger charge is -2.25. The molecule has 1 aliphatic rings. The minimum Gasteiger partial charge on any atom is -0.481 e. The maximum Gasteiger partial charge on any atom is 0.326 e. The fourth-order valence-corrected chi connectivity index (χ4v) is 3.34. The van der Waals surface area contributed by atoms with Crippen LogP contribution in [-0.4, -0.2) is 81.7 Å². The van der Waals surface area contributed by atoms with Crippen LogP contribution in [0.3, 0.4) is 0 Å². The number of rotatable bonds is 14. The van der Waals surface area contributed by atoms with Crippen molar-refractivity contribution in [1.82, 2.24) is 21.3 Å². The average Bonchev–Trinajstić information content (AvgIpc) is 3.23. The van der Waals surface area contributed by atoms with E-state index in [1.54, 1.807) is 0 Å². The number of amides is 3. The van der Waals surface area contributed by atoms with Crippen LogP contribution in [0.15, 0.2) is 0 Å². The number of carbonyl (C=O) groups is 6. The van der Waals surface area contributed by atoms with Crippen molar-refractivity contribution in [1.29, 1.82) is 0 Å². The van der Waals surface area contributed by atoms with Gasteiger partial charge in [-0.15, -0.1) is 0 Å². The summed E-state index contributed by atoms with van der Waals surface area (Å²) in [5, 5.41) is 37.0. The molecule has 186 valence electrons. The largest absolute Gasteiger partial charge is 0.481 e. The van der Waals surface area contributed by atoms with E-state index in [-0.39, 0.29) is 24.7 Å². The summed E-state index contributed by atoms with van der Waals surface area (Å²) < 4.78 is 0. The molecule has 13 heteroatoms. The number of hydrogen-bond acceptors (Lipinski definition) is 7. The first kappa shape index (κ1) is 27.8. The molecular formula is C20H32N4O9. The number of aliphatic carboxylic acids is 3. The highest BCUT2D eigenvalue weighted by Gasteiger charge is 2.32. The van der Waals surface area contributed by atoms with Crippen LogP contribution in [0.5, 0.6) is 0 Å². The summed E-state index contributed by atoms with van der Waals surface area (Å²) in [6, 6.07) is -4.65. The van der Waals surface area contributed by atoms with Crippen LogP contribution in [0.25, 0.3) is 0 Å². The van der Waals surface area contributed by atoms with E-state index in [1.807, 2.05) is 19.2 Å². The van der Waals surface area contributed by atoms with E-state index in [1.165, 1.54) is 0 Å². The fourth-order valence-electron chi connectivity index (χ4n) is 3.34. The van der Waals surface area contributed by atoms with Gasteiger partial charge in [-0.1, -0.05) is 13.8 Å². The van der Waals surface area contributed by atoms with E-state index in [0.29, 0.717) is 13.0 Å². The van der Waals surface area contributed by atoms with Gasteiger partial charge in [0.15, 0.2) is 0 Å². The zero-order valence-electron chi connectivity index (χ0n) is 18.6. The lowest BCUT2D eigenvalue weighted by Crippen LogP contribution is -2.57. The minimum atomic E-state index is -1.76. The quantitative estimate of drug-likeness (QED) is 0.158. The van der Waals surface area contributed by atoms with Crippen LogP contribution in [0, 0.1) is 5.92 Å². The van der Waals surface area contributed by atoms with Crippen LogP contribution in [0.2, 0.25) is 0 Å². The Kier molecular flexibility index (Phi) is 11.3. The molecule has 1 rings (SSSR count). The molecule has 0 radical (unpaired) electrons. The van der Waals surface area contributed by atoms with Crippen molar-refractivity contribution in [3.8, 4) is 0 Å². The van der Waals surface area contributed by atoms with Crippen LogP contribution in [-0.2, 0) is 28.8 Å². The molecule has 1 aliphatic heterocycles. The van der Waals surface area contributed by atoms with Gasteiger partial charge in [0, 0.05) is 6.42 Å². The summed E-state index contributed by atoms with van der Waals surface area (Å²) in [4.78, 5) is 71.0. The predicted molar refractivity (Wildman–Crippen MR) is 113 cm³/mol. The Hall–Kier alpha value is -3.22. The molecule has 0 aromatic rings. The van der Waals surface area contributed by atoms with E-state index >= 15 is 0 Å². The molecule has 4 unspecified atom stereocenters. The van der Waals surface area contributed by atoms with E-state index < -0.39 is 66.7 Å². The smallest absolute Gasteiger partial charge is 0.326 e. The Morgan fingerprint density at radius 2 is 1.48 bits per heavy atom. The average molecular weight is 472 g/mol. The molecule has 7 N–H and O–H groups in total. The Balaban J connectivity index is 2.95. The zero-order valence-corrected chi connectivity index (χ0v) is 18.6. The predicted octanol–water partition coefficient (Wildman–Crippen LogP) is -1.34. The van der Waals surface area contributed by atoms with Crippen molar-refractivity contribution in [3.05, 3.63) is 0 Å². The van der Waals surface area contributed by atoms with E-state index in [0.717, 1.165) is 6.42 Å². The molecule has 0 spiro atoms. The van der Waals surface area contributed by atoms with Gasteiger partial charge in [-0.25, -0.2) is 4.79 Å². The van der Waals surface area contributed by atoms with Crippen molar-refractivity contribution < 1.29 is 44.1 Å². The highest BCUT2D eigenvalue weighted by atomic mass is 16.4. The van der Waals surface area contributed by atoms with Crippen molar-refractivity contribution in [2.45, 2.75) is 76.5 Å². The summed E-state index contributed by atoms with van der Waals surface area (Å²) in [6.45, 7) is 4.34. The van der Waals surface area contributed by atoms with Crippen LogP contribution in [0.1, 0.15) is 52.4 Å². The Labute approximate surface area is 190 Å². The molecule has 0 aromatic heterocycles. The SMILES string of the molecule is CC(C)CC(NC(=O)C1CCCN1)C(=O)NC(CCC(=O)O)C(=O)NC(CC(=O)O)C(=O)O. The maximum absolute atomic E-state index is 12.9. The first-order chi connectivity index (χ1) is 15.4. The molecule has 1 heterocycles. The second-order valence-corrected chi connectivity index (χ2v) is 8.33. The number of nitrogens with one attached hydrogen (secondary N) is 4. The third-order valence-corrected chi connectivity index (χ3v) is 4.99. The summed E-state index contributed by atoms with van der Waals surface area (Å²) in [6.07, 6.45) is -0.0974. The van der Waals surface area contributed by atoms with Gasteiger partial charge in [0.2, 0.25) is 17.7 Å². The Morgan fingerprint density at radius 3 is 1.97 bits per heavy atom. The van der Waals surface area contributed by atoms with Gasteiger partial charge in [-0.2, -0.15) is 0 Å². The molecular weight excluding hydrogens is 440 g/mol. The van der Waals surface area contributed by atoms with E-state index in [4.69, 9.17) is 15.3 Å². The molecule has 13 nitrogen and oxygen atoms in total. The minimum absolute atomic E-state index is 0.00385. The number of carboxylic acids is 3. The topological polar surface area (TPSA) is 211 Å². The molecule has 0 aliphatic carbocycles. The highest BCUT2D eigenvalue weighted by Crippen LogP contribution is 2.10. The van der Waals surface area contributed by atoms with Crippen LogP contribution in [0.4, 0.5) is 0 Å². The second kappa shape index (κ2) is 13.4. The van der Waals surface area contributed by atoms with Gasteiger partial charge in [-0.05, 0) is 38.1 Å². The monoisotopic (exact) mass is 472 g/mol. The summed E-state index contributed by atoms with van der Waals surface area (Å²) >= 11 is 0. The molecule has 0 saturated carbocycles. The van der Waals surface area contributed by atoms with Crippen LogP contribution < -0.4 is 21.3 Å². The number of carbonyl (C=O) groups excluding carboxylic acids is 3. The van der Waals surface area contributed by atoms with Gasteiger partial charge in [-0.3, -0.25) is 24.0 Å². The lowest BCUT2D eigenvalue weighted by atomic mass is 10.0. The highest BCUT2D eigenvalue weighted by molar-refractivity contribution is 5.94. The van der Waals surface area contributed by atoms with Gasteiger partial charge >= 0.3 is 17.9 Å². The standard InChI is InChI=1S/C20H32N4O9/c1-10(2)8-13(23-17(29)11-4-3-7-21-11)19(31)22-12(5-6-15(25)26)18(30)24-14(20(32)33)9-16(27)28/h10-14,21H,3-9H2,1-2H3,(H,22,31)(H,23,29)(H,24,30)(H,25,26)(H,27,28)(H,32,33). The molecule has 33 heavy (non-hydrogen) atoms. The summed E-state index contributed by atoms with van der Waals surface area (Å²) in [5.41, 5.74) is 0. The van der Waals surface area contributed by atoms with Crippen molar-refractivity contribution >= 4 is 35.6 Å². The molecule has 1 saturated heterocycles. The number of carboxylic acid groups (broad SMARTS) is 3. The zero-order chi connectivity index (χ0) is 25.1.